The first kappa shape index (κ1) is 16.2. The lowest BCUT2D eigenvalue weighted by molar-refractivity contribution is 0.323. The number of hydrogen-bond acceptors (Lipinski definition) is 4. The number of benzene rings is 1. The first-order chi connectivity index (χ1) is 9.57. The molecule has 0 fully saturated rings. The lowest BCUT2D eigenvalue weighted by Gasteiger charge is -2.21. The molecule has 0 aliphatic heterocycles. The molecule has 0 saturated carbocycles. The summed E-state index contributed by atoms with van der Waals surface area (Å²) >= 11 is 0. The molecule has 0 aromatic heterocycles. The highest BCUT2D eigenvalue weighted by Gasteiger charge is 2.17. The number of ether oxygens (including phenoxy) is 3. The molecule has 0 aliphatic carbocycles. The molecule has 0 spiro atoms. The third kappa shape index (κ3) is 3.82. The van der Waals surface area contributed by atoms with Crippen LogP contribution >= 0.6 is 0 Å². The maximum Gasteiger partial charge on any atom is 0.203 e. The lowest BCUT2D eigenvalue weighted by atomic mass is 10.1. The van der Waals surface area contributed by atoms with Gasteiger partial charge in [-0.15, -0.1) is 12.3 Å². The average Bonchev–Trinajstić information content (AvgIpc) is 2.45. The van der Waals surface area contributed by atoms with Crippen LogP contribution in [0, 0.1) is 12.3 Å². The van der Waals surface area contributed by atoms with E-state index in [1.165, 1.54) is 0 Å². The average molecular weight is 277 g/mol. The third-order valence-corrected chi connectivity index (χ3v) is 3.15. The fourth-order valence-electron chi connectivity index (χ4n) is 2.11. The minimum atomic E-state index is 0.132. The van der Waals surface area contributed by atoms with Gasteiger partial charge in [0.15, 0.2) is 11.5 Å². The summed E-state index contributed by atoms with van der Waals surface area (Å²) in [6.07, 6.45) is 6.02. The Morgan fingerprint density at radius 1 is 1.10 bits per heavy atom. The van der Waals surface area contributed by atoms with Crippen LogP contribution < -0.4 is 19.5 Å². The molecule has 2 unspecified atom stereocenters. The van der Waals surface area contributed by atoms with E-state index in [4.69, 9.17) is 20.6 Å². The van der Waals surface area contributed by atoms with Crippen molar-refractivity contribution in [3.8, 4) is 29.6 Å². The minimum Gasteiger partial charge on any atom is -0.493 e. The Labute approximate surface area is 121 Å². The Bertz CT molecular complexity index is 454. The molecule has 20 heavy (non-hydrogen) atoms. The van der Waals surface area contributed by atoms with Crippen molar-refractivity contribution in [3.05, 3.63) is 17.7 Å². The van der Waals surface area contributed by atoms with Crippen molar-refractivity contribution in [2.45, 2.75) is 32.4 Å². The molecule has 0 radical (unpaired) electrons. The molecule has 0 saturated heterocycles. The summed E-state index contributed by atoms with van der Waals surface area (Å²) in [5.74, 6) is 4.56. The molecule has 1 aromatic rings. The Balaban J connectivity index is 3.03. The number of terminal acetylenes is 1. The number of nitrogens with one attached hydrogen (secondary N) is 1. The van der Waals surface area contributed by atoms with Crippen molar-refractivity contribution < 1.29 is 14.2 Å². The van der Waals surface area contributed by atoms with Gasteiger partial charge in [0.25, 0.3) is 0 Å². The summed E-state index contributed by atoms with van der Waals surface area (Å²) in [4.78, 5) is 0. The first-order valence-corrected chi connectivity index (χ1v) is 6.56. The molecule has 2 atom stereocenters. The fraction of sp³-hybridized carbons (Fsp3) is 0.500. The predicted molar refractivity (Wildman–Crippen MR) is 80.6 cm³/mol. The van der Waals surface area contributed by atoms with Gasteiger partial charge in [-0.3, -0.25) is 0 Å². The summed E-state index contributed by atoms with van der Waals surface area (Å²) in [7, 11) is 4.82. The first-order valence-electron chi connectivity index (χ1n) is 6.56. The SMILES string of the molecule is C#CCC(C)NC(C)c1cc(OC)c(OC)c(OC)c1. The van der Waals surface area contributed by atoms with Gasteiger partial charge in [-0.25, -0.2) is 0 Å². The van der Waals surface area contributed by atoms with Gasteiger partial charge in [-0.2, -0.15) is 0 Å². The van der Waals surface area contributed by atoms with E-state index in [0.717, 1.165) is 5.56 Å². The normalized spacial score (nSPS) is 13.2. The van der Waals surface area contributed by atoms with Gasteiger partial charge < -0.3 is 19.5 Å². The molecule has 4 heteroatoms. The molecule has 0 bridgehead atoms. The van der Waals surface area contributed by atoms with E-state index < -0.39 is 0 Å². The van der Waals surface area contributed by atoms with Gasteiger partial charge in [0.05, 0.1) is 21.3 Å². The van der Waals surface area contributed by atoms with Crippen LogP contribution in [0.25, 0.3) is 0 Å². The van der Waals surface area contributed by atoms with Crippen LogP contribution in [-0.4, -0.2) is 27.4 Å². The highest BCUT2D eigenvalue weighted by Crippen LogP contribution is 2.39. The van der Waals surface area contributed by atoms with Gasteiger partial charge in [-0.1, -0.05) is 0 Å². The highest BCUT2D eigenvalue weighted by molar-refractivity contribution is 5.54. The van der Waals surface area contributed by atoms with Crippen LogP contribution in [0.3, 0.4) is 0 Å². The summed E-state index contributed by atoms with van der Waals surface area (Å²) < 4.78 is 16.0. The Kier molecular flexibility index (Phi) is 6.20. The Morgan fingerprint density at radius 2 is 1.65 bits per heavy atom. The van der Waals surface area contributed by atoms with Crippen molar-refractivity contribution in [1.82, 2.24) is 5.32 Å². The van der Waals surface area contributed by atoms with Crippen LogP contribution in [0.5, 0.6) is 17.2 Å². The molecule has 0 heterocycles. The van der Waals surface area contributed by atoms with Crippen LogP contribution in [-0.2, 0) is 0 Å². The summed E-state index contributed by atoms with van der Waals surface area (Å²) in [5, 5.41) is 3.44. The highest BCUT2D eigenvalue weighted by atomic mass is 16.5. The van der Waals surface area contributed by atoms with Gasteiger partial charge in [0, 0.05) is 18.5 Å². The van der Waals surface area contributed by atoms with Crippen molar-refractivity contribution in [1.29, 1.82) is 0 Å². The van der Waals surface area contributed by atoms with Crippen molar-refractivity contribution >= 4 is 0 Å². The zero-order valence-corrected chi connectivity index (χ0v) is 12.8. The molecule has 0 aliphatic rings. The largest absolute Gasteiger partial charge is 0.493 e. The van der Waals surface area contributed by atoms with E-state index >= 15 is 0 Å². The fourth-order valence-corrected chi connectivity index (χ4v) is 2.11. The Morgan fingerprint density at radius 3 is 2.05 bits per heavy atom. The van der Waals surface area contributed by atoms with Crippen LogP contribution in [0.4, 0.5) is 0 Å². The van der Waals surface area contributed by atoms with Gasteiger partial charge >= 0.3 is 0 Å². The van der Waals surface area contributed by atoms with E-state index in [2.05, 4.69) is 25.1 Å². The van der Waals surface area contributed by atoms with Crippen molar-refractivity contribution in [2.75, 3.05) is 21.3 Å². The third-order valence-electron chi connectivity index (χ3n) is 3.15. The molecular weight excluding hydrogens is 254 g/mol. The second kappa shape index (κ2) is 7.66. The second-order valence-corrected chi connectivity index (χ2v) is 4.66. The summed E-state index contributed by atoms with van der Waals surface area (Å²) in [5.41, 5.74) is 1.06. The van der Waals surface area contributed by atoms with Gasteiger partial charge in [-0.05, 0) is 31.5 Å². The van der Waals surface area contributed by atoms with E-state index in [-0.39, 0.29) is 12.1 Å². The van der Waals surface area contributed by atoms with Crippen LogP contribution in [0.15, 0.2) is 12.1 Å². The minimum absolute atomic E-state index is 0.132. The number of hydrogen-bond donors (Lipinski definition) is 1. The van der Waals surface area contributed by atoms with E-state index in [0.29, 0.717) is 23.7 Å². The molecule has 1 N–H and O–H groups in total. The summed E-state index contributed by atoms with van der Waals surface area (Å²) in [6, 6.07) is 4.27. The molecular formula is C16H23NO3. The van der Waals surface area contributed by atoms with Crippen molar-refractivity contribution in [2.24, 2.45) is 0 Å². The van der Waals surface area contributed by atoms with Crippen LogP contribution in [0.2, 0.25) is 0 Å². The molecule has 4 nitrogen and oxygen atoms in total. The quantitative estimate of drug-likeness (QED) is 0.778. The van der Waals surface area contributed by atoms with Gasteiger partial charge in [0.1, 0.15) is 0 Å². The zero-order chi connectivity index (χ0) is 15.1. The molecule has 1 aromatic carbocycles. The molecule has 1 rings (SSSR count). The number of rotatable bonds is 7. The van der Waals surface area contributed by atoms with Crippen molar-refractivity contribution in [3.63, 3.8) is 0 Å². The van der Waals surface area contributed by atoms with Crippen LogP contribution in [0.1, 0.15) is 31.9 Å². The maximum atomic E-state index is 5.36. The van der Waals surface area contributed by atoms with Gasteiger partial charge in [0.2, 0.25) is 5.75 Å². The maximum absolute atomic E-state index is 5.36. The predicted octanol–water partition coefficient (Wildman–Crippen LogP) is 2.77. The Hall–Kier alpha value is -1.86. The second-order valence-electron chi connectivity index (χ2n) is 4.66. The smallest absolute Gasteiger partial charge is 0.203 e. The zero-order valence-electron chi connectivity index (χ0n) is 12.8. The topological polar surface area (TPSA) is 39.7 Å². The van der Waals surface area contributed by atoms with E-state index in [1.807, 2.05) is 12.1 Å². The molecule has 110 valence electrons. The van der Waals surface area contributed by atoms with E-state index in [1.54, 1.807) is 21.3 Å². The van der Waals surface area contributed by atoms with E-state index in [9.17, 15) is 0 Å². The number of methoxy groups -OCH3 is 3. The summed E-state index contributed by atoms with van der Waals surface area (Å²) in [6.45, 7) is 4.14. The standard InChI is InChI=1S/C16H23NO3/c1-7-8-11(2)17-12(3)13-9-14(18-4)16(20-6)15(10-13)19-5/h1,9-12,17H,8H2,2-6H3. The monoisotopic (exact) mass is 277 g/mol. The lowest BCUT2D eigenvalue weighted by Crippen LogP contribution is -2.28. The molecule has 0 amide bonds.